The van der Waals surface area contributed by atoms with Crippen molar-refractivity contribution in [3.63, 3.8) is 0 Å². The smallest absolute Gasteiger partial charge is 0.269 e. The molecule has 3 rings (SSSR count). The van der Waals surface area contributed by atoms with Crippen LogP contribution in [0.4, 0.5) is 4.39 Å². The summed E-state index contributed by atoms with van der Waals surface area (Å²) in [5, 5.41) is 6.83. The number of aromatic nitrogens is 4. The minimum Gasteiger partial charge on any atom is -0.346 e. The van der Waals surface area contributed by atoms with E-state index >= 15 is 0 Å². The molecule has 1 aromatic carbocycles. The van der Waals surface area contributed by atoms with E-state index in [1.54, 1.807) is 23.0 Å². The molecule has 0 spiro atoms. The van der Waals surface area contributed by atoms with E-state index in [2.05, 4.69) is 20.4 Å². The zero-order chi connectivity index (χ0) is 15.5. The van der Waals surface area contributed by atoms with E-state index in [-0.39, 0.29) is 18.3 Å². The van der Waals surface area contributed by atoms with Gasteiger partial charge < -0.3 is 10.3 Å². The van der Waals surface area contributed by atoms with Crippen LogP contribution in [0.2, 0.25) is 0 Å². The van der Waals surface area contributed by atoms with E-state index in [0.29, 0.717) is 23.3 Å². The Bertz CT molecular complexity index is 807. The molecule has 0 saturated carbocycles. The van der Waals surface area contributed by atoms with Gasteiger partial charge in [0.15, 0.2) is 0 Å². The summed E-state index contributed by atoms with van der Waals surface area (Å²) in [4.78, 5) is 19.3. The Balaban J connectivity index is 1.79. The lowest BCUT2D eigenvalue weighted by molar-refractivity contribution is 0.0939. The van der Waals surface area contributed by atoms with Gasteiger partial charge in [-0.2, -0.15) is 5.10 Å². The number of halogens is 1. The Kier molecular flexibility index (Phi) is 3.86. The summed E-state index contributed by atoms with van der Waals surface area (Å²) < 4.78 is 15.6. The number of aryl methyl sites for hydroxylation is 1. The summed E-state index contributed by atoms with van der Waals surface area (Å²) in [6.07, 6.45) is 3.97. The van der Waals surface area contributed by atoms with Crippen molar-refractivity contribution in [3.05, 3.63) is 47.8 Å². The van der Waals surface area contributed by atoms with E-state index in [9.17, 15) is 9.18 Å². The second-order valence-corrected chi connectivity index (χ2v) is 4.95. The number of carbonyl (C=O) groups is 1. The fourth-order valence-corrected chi connectivity index (χ4v) is 2.38. The highest BCUT2D eigenvalue weighted by Gasteiger charge is 2.14. The van der Waals surface area contributed by atoms with Gasteiger partial charge in [-0.1, -0.05) is 6.92 Å². The number of carbonyl (C=O) groups excluding carboxylic acids is 1. The second-order valence-electron chi connectivity index (χ2n) is 4.95. The van der Waals surface area contributed by atoms with E-state index in [1.807, 2.05) is 6.92 Å². The number of H-pyrrole nitrogens is 1. The number of hydrogen-bond donors (Lipinski definition) is 2. The molecule has 0 radical (unpaired) electrons. The first kappa shape index (κ1) is 14.2. The molecule has 114 valence electrons. The molecule has 0 bridgehead atoms. The van der Waals surface area contributed by atoms with Gasteiger partial charge in [0.1, 0.15) is 11.5 Å². The first-order chi connectivity index (χ1) is 10.7. The molecule has 0 aliphatic rings. The fraction of sp³-hybridized carbons (Fsp3) is 0.267. The topological polar surface area (TPSA) is 75.6 Å². The van der Waals surface area contributed by atoms with Crippen LogP contribution in [0.1, 0.15) is 29.4 Å². The molecule has 6 nitrogen and oxygen atoms in total. The van der Waals surface area contributed by atoms with Crippen molar-refractivity contribution in [2.45, 2.75) is 26.4 Å². The predicted molar refractivity (Wildman–Crippen MR) is 79.7 cm³/mol. The van der Waals surface area contributed by atoms with Crippen molar-refractivity contribution in [3.8, 4) is 0 Å². The maximum Gasteiger partial charge on any atom is 0.269 e. The van der Waals surface area contributed by atoms with Crippen molar-refractivity contribution in [1.82, 2.24) is 25.1 Å². The minimum atomic E-state index is -0.387. The van der Waals surface area contributed by atoms with Crippen LogP contribution in [0.15, 0.2) is 30.7 Å². The van der Waals surface area contributed by atoms with E-state index in [1.165, 1.54) is 12.4 Å². The van der Waals surface area contributed by atoms with Crippen LogP contribution < -0.4 is 5.32 Å². The second kappa shape index (κ2) is 5.97. The SMILES string of the molecule is CCCn1nccc1C(=O)NCc1c(F)ccc2[nH]cnc12. The van der Waals surface area contributed by atoms with E-state index in [0.717, 1.165) is 11.9 Å². The zero-order valence-electron chi connectivity index (χ0n) is 12.1. The number of nitrogens with one attached hydrogen (secondary N) is 2. The lowest BCUT2D eigenvalue weighted by Gasteiger charge is -2.09. The summed E-state index contributed by atoms with van der Waals surface area (Å²) >= 11 is 0. The summed E-state index contributed by atoms with van der Waals surface area (Å²) in [7, 11) is 0. The third kappa shape index (κ3) is 2.57. The van der Waals surface area contributed by atoms with Crippen LogP contribution in [-0.2, 0) is 13.1 Å². The molecule has 0 saturated heterocycles. The monoisotopic (exact) mass is 301 g/mol. The number of benzene rings is 1. The Labute approximate surface area is 126 Å². The molecule has 0 atom stereocenters. The fourth-order valence-electron chi connectivity index (χ4n) is 2.38. The number of nitrogens with zero attached hydrogens (tertiary/aromatic N) is 3. The Morgan fingerprint density at radius 1 is 1.41 bits per heavy atom. The average Bonchev–Trinajstić information content (AvgIpc) is 3.15. The Hall–Kier alpha value is -2.70. The van der Waals surface area contributed by atoms with Gasteiger partial charge in [0, 0.05) is 24.8 Å². The molecule has 1 amide bonds. The third-order valence-electron chi connectivity index (χ3n) is 3.45. The van der Waals surface area contributed by atoms with Gasteiger partial charge in [-0.15, -0.1) is 0 Å². The molecule has 0 aliphatic carbocycles. The van der Waals surface area contributed by atoms with Gasteiger partial charge in [-0.25, -0.2) is 9.37 Å². The van der Waals surface area contributed by atoms with Crippen molar-refractivity contribution >= 4 is 16.9 Å². The van der Waals surface area contributed by atoms with Crippen molar-refractivity contribution in [2.24, 2.45) is 0 Å². The van der Waals surface area contributed by atoms with Crippen molar-refractivity contribution < 1.29 is 9.18 Å². The molecule has 22 heavy (non-hydrogen) atoms. The number of aromatic amines is 1. The highest BCUT2D eigenvalue weighted by atomic mass is 19.1. The van der Waals surface area contributed by atoms with Gasteiger partial charge in [0.2, 0.25) is 0 Å². The van der Waals surface area contributed by atoms with E-state index < -0.39 is 0 Å². The number of fused-ring (bicyclic) bond motifs is 1. The summed E-state index contributed by atoms with van der Waals surface area (Å²) in [6.45, 7) is 2.75. The molecule has 0 fully saturated rings. The normalized spacial score (nSPS) is 11.0. The van der Waals surface area contributed by atoms with Crippen LogP contribution in [0.3, 0.4) is 0 Å². The average molecular weight is 301 g/mol. The lowest BCUT2D eigenvalue weighted by Crippen LogP contribution is -2.26. The molecule has 0 unspecified atom stereocenters. The zero-order valence-corrected chi connectivity index (χ0v) is 12.1. The maximum absolute atomic E-state index is 14.0. The molecule has 7 heteroatoms. The minimum absolute atomic E-state index is 0.0736. The quantitative estimate of drug-likeness (QED) is 0.759. The van der Waals surface area contributed by atoms with Gasteiger partial charge >= 0.3 is 0 Å². The summed E-state index contributed by atoms with van der Waals surface area (Å²) in [5.41, 5.74) is 2.11. The molecule has 3 aromatic rings. The van der Waals surface area contributed by atoms with Gasteiger partial charge in [0.05, 0.1) is 17.4 Å². The molecular formula is C15H16FN5O. The molecule has 0 aliphatic heterocycles. The van der Waals surface area contributed by atoms with Gasteiger partial charge in [-0.05, 0) is 24.6 Å². The standard InChI is InChI=1S/C15H16FN5O/c1-2-7-21-13(5-6-20-21)15(22)17-8-10-11(16)3-4-12-14(10)19-9-18-12/h3-6,9H,2,7-8H2,1H3,(H,17,22)(H,18,19). The van der Waals surface area contributed by atoms with Gasteiger partial charge in [-0.3, -0.25) is 9.48 Å². The lowest BCUT2D eigenvalue weighted by atomic mass is 10.1. The number of rotatable bonds is 5. The number of imidazole rings is 1. The van der Waals surface area contributed by atoms with Crippen molar-refractivity contribution in [1.29, 1.82) is 0 Å². The maximum atomic E-state index is 14.0. The first-order valence-corrected chi connectivity index (χ1v) is 7.11. The highest BCUT2D eigenvalue weighted by molar-refractivity contribution is 5.92. The van der Waals surface area contributed by atoms with Crippen LogP contribution >= 0.6 is 0 Å². The third-order valence-corrected chi connectivity index (χ3v) is 3.45. The van der Waals surface area contributed by atoms with Crippen LogP contribution in [-0.4, -0.2) is 25.7 Å². The summed E-state index contributed by atoms with van der Waals surface area (Å²) in [5.74, 6) is -0.667. The van der Waals surface area contributed by atoms with Crippen LogP contribution in [0, 0.1) is 5.82 Å². The number of amides is 1. The molecular weight excluding hydrogens is 285 g/mol. The largest absolute Gasteiger partial charge is 0.346 e. The van der Waals surface area contributed by atoms with Crippen LogP contribution in [0.25, 0.3) is 11.0 Å². The molecule has 2 N–H and O–H groups in total. The molecule has 2 aromatic heterocycles. The van der Waals surface area contributed by atoms with E-state index in [4.69, 9.17) is 0 Å². The first-order valence-electron chi connectivity index (χ1n) is 7.11. The Morgan fingerprint density at radius 3 is 3.09 bits per heavy atom. The van der Waals surface area contributed by atoms with Crippen LogP contribution in [0.5, 0.6) is 0 Å². The van der Waals surface area contributed by atoms with Crippen molar-refractivity contribution in [2.75, 3.05) is 0 Å². The Morgan fingerprint density at radius 2 is 2.27 bits per heavy atom. The van der Waals surface area contributed by atoms with Gasteiger partial charge in [0.25, 0.3) is 5.91 Å². The molecule has 2 heterocycles. The summed E-state index contributed by atoms with van der Waals surface area (Å²) in [6, 6.07) is 4.64. The predicted octanol–water partition coefficient (Wildman–Crippen LogP) is 2.24. The number of hydrogen-bond acceptors (Lipinski definition) is 3. The highest BCUT2D eigenvalue weighted by Crippen LogP contribution is 2.18.